The molecule has 0 atom stereocenters. The van der Waals surface area contributed by atoms with Crippen LogP contribution in [0.5, 0.6) is 5.75 Å². The normalized spacial score (nSPS) is 10.1. The van der Waals surface area contributed by atoms with Crippen LogP contribution in [-0.2, 0) is 11.2 Å². The molecule has 3 aromatic carbocycles. The number of rotatable bonds is 5. The van der Waals surface area contributed by atoms with Crippen LogP contribution < -0.4 is 20.9 Å². The summed E-state index contributed by atoms with van der Waals surface area (Å²) in [5.41, 5.74) is 9.31. The molecular weight excluding hydrogens is 366 g/mol. The highest BCUT2D eigenvalue weighted by Crippen LogP contribution is 2.25. The van der Waals surface area contributed by atoms with Gasteiger partial charge in [-0.25, -0.2) is 10.2 Å². The fraction of sp³-hybridized carbons (Fsp3) is 0.130. The summed E-state index contributed by atoms with van der Waals surface area (Å²) in [7, 11) is 1.53. The Kier molecular flexibility index (Phi) is 6.47. The van der Waals surface area contributed by atoms with Crippen LogP contribution in [0.3, 0.4) is 0 Å². The van der Waals surface area contributed by atoms with Gasteiger partial charge in [0.1, 0.15) is 5.75 Å². The maximum atomic E-state index is 12.1. The number of carbonyl (C=O) groups excluding carboxylic acids is 2. The van der Waals surface area contributed by atoms with E-state index in [9.17, 15) is 9.59 Å². The molecule has 0 fully saturated rings. The van der Waals surface area contributed by atoms with Gasteiger partial charge in [0.2, 0.25) is 5.91 Å². The van der Waals surface area contributed by atoms with Crippen molar-refractivity contribution in [1.82, 2.24) is 10.9 Å². The predicted molar refractivity (Wildman–Crippen MR) is 114 cm³/mol. The molecule has 6 nitrogen and oxygen atoms in total. The number of hydrogen-bond acceptors (Lipinski definition) is 3. The van der Waals surface area contributed by atoms with Crippen LogP contribution in [0.15, 0.2) is 72.8 Å². The first-order valence-corrected chi connectivity index (χ1v) is 9.20. The Bertz CT molecular complexity index is 986. The van der Waals surface area contributed by atoms with Crippen molar-refractivity contribution in [2.24, 2.45) is 0 Å². The summed E-state index contributed by atoms with van der Waals surface area (Å²) in [4.78, 5) is 24.2. The minimum Gasteiger partial charge on any atom is -0.495 e. The molecule has 3 rings (SSSR count). The van der Waals surface area contributed by atoms with E-state index in [1.165, 1.54) is 7.11 Å². The van der Waals surface area contributed by atoms with Crippen molar-refractivity contribution >= 4 is 17.6 Å². The average molecular weight is 389 g/mol. The molecule has 0 saturated heterocycles. The minimum absolute atomic E-state index is 0.156. The molecule has 0 unspecified atom stereocenters. The summed E-state index contributed by atoms with van der Waals surface area (Å²) in [6.45, 7) is 1.91. The van der Waals surface area contributed by atoms with Crippen LogP contribution in [0.4, 0.5) is 10.5 Å². The zero-order valence-corrected chi connectivity index (χ0v) is 16.4. The summed E-state index contributed by atoms with van der Waals surface area (Å²) in [5, 5.41) is 2.66. The fourth-order valence-electron chi connectivity index (χ4n) is 2.87. The van der Waals surface area contributed by atoms with E-state index in [0.717, 1.165) is 22.3 Å². The lowest BCUT2D eigenvalue weighted by Gasteiger charge is -2.12. The van der Waals surface area contributed by atoms with Crippen LogP contribution in [0.1, 0.15) is 11.1 Å². The lowest BCUT2D eigenvalue weighted by molar-refractivity contribution is -0.121. The number of hydrazine groups is 1. The number of aryl methyl sites for hydroxylation is 1. The highest BCUT2D eigenvalue weighted by molar-refractivity contribution is 5.92. The number of hydrogen-bond donors (Lipinski definition) is 3. The molecule has 0 aliphatic carbocycles. The van der Waals surface area contributed by atoms with E-state index in [1.54, 1.807) is 12.1 Å². The van der Waals surface area contributed by atoms with Crippen molar-refractivity contribution in [3.8, 4) is 16.9 Å². The lowest BCUT2D eigenvalue weighted by atomic mass is 10.0. The molecule has 0 radical (unpaired) electrons. The molecule has 3 amide bonds. The maximum absolute atomic E-state index is 12.1. The number of ether oxygens (including phenoxy) is 1. The molecule has 0 heterocycles. The van der Waals surface area contributed by atoms with Gasteiger partial charge >= 0.3 is 6.03 Å². The van der Waals surface area contributed by atoms with Gasteiger partial charge < -0.3 is 10.1 Å². The Hall–Kier alpha value is -3.80. The summed E-state index contributed by atoms with van der Waals surface area (Å²) in [6, 6.07) is 22.6. The van der Waals surface area contributed by atoms with Gasteiger partial charge in [0.05, 0.1) is 19.2 Å². The predicted octanol–water partition coefficient (Wildman–Crippen LogP) is 4.07. The van der Waals surface area contributed by atoms with Gasteiger partial charge in [-0.3, -0.25) is 10.2 Å². The first-order chi connectivity index (χ1) is 14.0. The monoisotopic (exact) mass is 389 g/mol. The Morgan fingerprint density at radius 2 is 1.55 bits per heavy atom. The molecule has 148 valence electrons. The van der Waals surface area contributed by atoms with E-state index in [1.807, 2.05) is 67.6 Å². The van der Waals surface area contributed by atoms with Crippen molar-refractivity contribution in [3.63, 3.8) is 0 Å². The molecule has 3 aromatic rings. The van der Waals surface area contributed by atoms with Gasteiger partial charge in [-0.2, -0.15) is 0 Å². The SMILES string of the molecule is COc1ccc(C)cc1NC(=O)NNC(=O)Cc1ccc(-c2ccccc2)cc1. The molecular formula is C23H23N3O3. The second-order valence-electron chi connectivity index (χ2n) is 6.57. The highest BCUT2D eigenvalue weighted by atomic mass is 16.5. The van der Waals surface area contributed by atoms with E-state index in [4.69, 9.17) is 4.74 Å². The third-order valence-corrected chi connectivity index (χ3v) is 4.34. The summed E-state index contributed by atoms with van der Waals surface area (Å²) < 4.78 is 5.22. The van der Waals surface area contributed by atoms with Gasteiger partial charge in [-0.15, -0.1) is 0 Å². The zero-order valence-electron chi connectivity index (χ0n) is 16.4. The Morgan fingerprint density at radius 1 is 0.862 bits per heavy atom. The molecule has 3 N–H and O–H groups in total. The van der Waals surface area contributed by atoms with Gasteiger partial charge in [0, 0.05) is 0 Å². The molecule has 6 heteroatoms. The Labute approximate surface area is 169 Å². The Balaban J connectivity index is 1.51. The van der Waals surface area contributed by atoms with Crippen LogP contribution in [-0.4, -0.2) is 19.0 Å². The maximum Gasteiger partial charge on any atom is 0.338 e. The first-order valence-electron chi connectivity index (χ1n) is 9.20. The molecule has 0 spiro atoms. The van der Waals surface area contributed by atoms with Gasteiger partial charge in [0.15, 0.2) is 0 Å². The van der Waals surface area contributed by atoms with E-state index in [0.29, 0.717) is 11.4 Å². The third kappa shape index (κ3) is 5.59. The number of amides is 3. The van der Waals surface area contributed by atoms with Crippen molar-refractivity contribution < 1.29 is 14.3 Å². The first kappa shape index (κ1) is 19.9. The zero-order chi connectivity index (χ0) is 20.6. The second-order valence-corrected chi connectivity index (χ2v) is 6.57. The Morgan fingerprint density at radius 3 is 2.24 bits per heavy atom. The van der Waals surface area contributed by atoms with Crippen LogP contribution in [0.2, 0.25) is 0 Å². The topological polar surface area (TPSA) is 79.5 Å². The van der Waals surface area contributed by atoms with Gasteiger partial charge in [-0.05, 0) is 41.3 Å². The van der Waals surface area contributed by atoms with E-state index in [2.05, 4.69) is 16.2 Å². The number of methoxy groups -OCH3 is 1. The minimum atomic E-state index is -0.554. The summed E-state index contributed by atoms with van der Waals surface area (Å²) >= 11 is 0. The van der Waals surface area contributed by atoms with Crippen LogP contribution in [0.25, 0.3) is 11.1 Å². The quantitative estimate of drug-likeness (QED) is 0.576. The van der Waals surface area contributed by atoms with Gasteiger partial charge in [-0.1, -0.05) is 60.7 Å². The van der Waals surface area contributed by atoms with Gasteiger partial charge in [0.25, 0.3) is 0 Å². The molecule has 29 heavy (non-hydrogen) atoms. The molecule has 0 aliphatic heterocycles. The number of carbonyl (C=O) groups is 2. The van der Waals surface area contributed by atoms with E-state index < -0.39 is 6.03 Å². The largest absolute Gasteiger partial charge is 0.495 e. The van der Waals surface area contributed by atoms with Crippen LogP contribution in [0, 0.1) is 6.92 Å². The van der Waals surface area contributed by atoms with Crippen molar-refractivity contribution in [2.45, 2.75) is 13.3 Å². The van der Waals surface area contributed by atoms with Crippen molar-refractivity contribution in [1.29, 1.82) is 0 Å². The average Bonchev–Trinajstić information content (AvgIpc) is 2.74. The number of nitrogens with one attached hydrogen (secondary N) is 3. The number of benzene rings is 3. The summed E-state index contributed by atoms with van der Waals surface area (Å²) in [6.07, 6.45) is 0.156. The molecule has 0 aliphatic rings. The lowest BCUT2D eigenvalue weighted by Crippen LogP contribution is -2.44. The smallest absolute Gasteiger partial charge is 0.338 e. The highest BCUT2D eigenvalue weighted by Gasteiger charge is 2.09. The summed E-state index contributed by atoms with van der Waals surface area (Å²) in [5.74, 6) is 0.222. The molecule has 0 saturated carbocycles. The number of anilines is 1. The standard InChI is InChI=1S/C23H23N3O3/c1-16-8-13-21(29-2)20(14-16)24-23(28)26-25-22(27)15-17-9-11-19(12-10-17)18-6-4-3-5-7-18/h3-14H,15H2,1-2H3,(H,25,27)(H2,24,26,28). The van der Waals surface area contributed by atoms with Crippen molar-refractivity contribution in [2.75, 3.05) is 12.4 Å². The van der Waals surface area contributed by atoms with Crippen molar-refractivity contribution in [3.05, 3.63) is 83.9 Å². The van der Waals surface area contributed by atoms with E-state index in [-0.39, 0.29) is 12.3 Å². The second kappa shape index (κ2) is 9.41. The number of urea groups is 1. The third-order valence-electron chi connectivity index (χ3n) is 4.34. The fourth-order valence-corrected chi connectivity index (χ4v) is 2.87. The molecule has 0 aromatic heterocycles. The van der Waals surface area contributed by atoms with Crippen LogP contribution >= 0.6 is 0 Å². The molecule has 0 bridgehead atoms. The van der Waals surface area contributed by atoms with E-state index >= 15 is 0 Å².